The van der Waals surface area contributed by atoms with E-state index in [-0.39, 0.29) is 40.3 Å². The quantitative estimate of drug-likeness (QED) is 0.201. The highest BCUT2D eigenvalue weighted by molar-refractivity contribution is 7.99. The van der Waals surface area contributed by atoms with Crippen LogP contribution in [-0.4, -0.2) is 47.4 Å². The second kappa shape index (κ2) is 12.1. The van der Waals surface area contributed by atoms with Crippen molar-refractivity contribution in [2.45, 2.75) is 22.7 Å². The minimum absolute atomic E-state index is 0.0339. The van der Waals surface area contributed by atoms with Gasteiger partial charge < -0.3 is 14.6 Å². The molecule has 0 saturated carbocycles. The number of aromatic nitrogens is 3. The van der Waals surface area contributed by atoms with Gasteiger partial charge in [-0.2, -0.15) is 0 Å². The van der Waals surface area contributed by atoms with Crippen LogP contribution in [0.4, 0.5) is 5.00 Å². The molecule has 9 nitrogen and oxygen atoms in total. The Hall–Kier alpha value is -3.19. The van der Waals surface area contributed by atoms with Crippen molar-refractivity contribution in [2.75, 3.05) is 17.7 Å². The molecule has 0 radical (unpaired) electrons. The molecule has 2 aromatic carbocycles. The van der Waals surface area contributed by atoms with Crippen LogP contribution in [0.3, 0.4) is 0 Å². The van der Waals surface area contributed by atoms with E-state index in [1.165, 1.54) is 23.5 Å². The predicted octanol–water partition coefficient (Wildman–Crippen LogP) is 5.08. The first kappa shape index (κ1) is 27.8. The van der Waals surface area contributed by atoms with E-state index in [2.05, 4.69) is 15.5 Å². The molecule has 1 N–H and O–H groups in total. The van der Waals surface area contributed by atoms with Gasteiger partial charge in [0.1, 0.15) is 22.1 Å². The molecule has 2 heterocycles. The molecule has 13 heteroatoms. The standard InChI is InChI=1S/C25H23ClN4O5S3/c1-3-35-24(32)22-19(16-9-11-17(26)12-10-16)13-36-23(22)27-21(31)14-37-25-29-28-20(30(25)2)15-38(33,34)18-7-5-4-6-8-18/h4-13H,3,14-15H2,1-2H3,(H,27,31). The summed E-state index contributed by atoms with van der Waals surface area (Å²) in [7, 11) is -1.95. The second-order valence-electron chi connectivity index (χ2n) is 7.95. The van der Waals surface area contributed by atoms with E-state index >= 15 is 0 Å². The van der Waals surface area contributed by atoms with Gasteiger partial charge in [-0.25, -0.2) is 13.2 Å². The van der Waals surface area contributed by atoms with Gasteiger partial charge in [-0.05, 0) is 36.8 Å². The molecule has 0 aliphatic rings. The highest BCUT2D eigenvalue weighted by Crippen LogP contribution is 2.37. The number of thiophene rings is 1. The van der Waals surface area contributed by atoms with E-state index in [1.807, 2.05) is 0 Å². The molecule has 0 aliphatic heterocycles. The fourth-order valence-electron chi connectivity index (χ4n) is 3.47. The van der Waals surface area contributed by atoms with Crippen LogP contribution < -0.4 is 5.32 Å². The van der Waals surface area contributed by atoms with Crippen LogP contribution in [-0.2, 0) is 32.2 Å². The number of carbonyl (C=O) groups excluding carboxylic acids is 2. The lowest BCUT2D eigenvalue weighted by molar-refractivity contribution is -0.113. The second-order valence-corrected chi connectivity index (χ2v) is 12.2. The van der Waals surface area contributed by atoms with Crippen molar-refractivity contribution in [1.29, 1.82) is 0 Å². The Labute approximate surface area is 233 Å². The number of thioether (sulfide) groups is 1. The number of nitrogens with zero attached hydrogens (tertiary/aromatic N) is 3. The average Bonchev–Trinajstić information content (AvgIpc) is 3.47. The molecule has 0 fully saturated rings. The number of halogens is 1. The summed E-state index contributed by atoms with van der Waals surface area (Å²) in [6, 6.07) is 15.1. The first-order valence-corrected chi connectivity index (χ1v) is 15.2. The SMILES string of the molecule is CCOC(=O)c1c(-c2ccc(Cl)cc2)csc1NC(=O)CSc1nnc(CS(=O)(=O)c2ccccc2)n1C. The third-order valence-electron chi connectivity index (χ3n) is 5.36. The Bertz CT molecular complexity index is 1550. The molecule has 0 spiro atoms. The number of sulfone groups is 1. The lowest BCUT2D eigenvalue weighted by atomic mass is 10.0. The van der Waals surface area contributed by atoms with E-state index < -0.39 is 15.8 Å². The Morgan fingerprint density at radius 1 is 1.11 bits per heavy atom. The predicted molar refractivity (Wildman–Crippen MR) is 148 cm³/mol. The summed E-state index contributed by atoms with van der Waals surface area (Å²) in [4.78, 5) is 25.7. The zero-order valence-electron chi connectivity index (χ0n) is 20.4. The lowest BCUT2D eigenvalue weighted by Crippen LogP contribution is -2.17. The minimum Gasteiger partial charge on any atom is -0.462 e. The summed E-state index contributed by atoms with van der Waals surface area (Å²) in [6.07, 6.45) is 0. The van der Waals surface area contributed by atoms with Gasteiger partial charge >= 0.3 is 5.97 Å². The fraction of sp³-hybridized carbons (Fsp3) is 0.200. The first-order valence-electron chi connectivity index (χ1n) is 11.3. The first-order chi connectivity index (χ1) is 18.2. The topological polar surface area (TPSA) is 120 Å². The van der Waals surface area contributed by atoms with Crippen molar-refractivity contribution in [3.8, 4) is 11.1 Å². The largest absolute Gasteiger partial charge is 0.462 e. The zero-order valence-corrected chi connectivity index (χ0v) is 23.6. The molecule has 38 heavy (non-hydrogen) atoms. The number of rotatable bonds is 10. The van der Waals surface area contributed by atoms with E-state index in [0.29, 0.717) is 20.7 Å². The van der Waals surface area contributed by atoms with Gasteiger partial charge in [-0.1, -0.05) is 53.7 Å². The molecule has 4 aromatic rings. The molecule has 0 aliphatic carbocycles. The van der Waals surface area contributed by atoms with E-state index in [1.54, 1.807) is 66.4 Å². The summed E-state index contributed by atoms with van der Waals surface area (Å²) in [6.45, 7) is 1.90. The molecule has 4 rings (SSSR count). The number of hydrogen-bond acceptors (Lipinski definition) is 9. The van der Waals surface area contributed by atoms with Crippen LogP contribution >= 0.6 is 34.7 Å². The van der Waals surface area contributed by atoms with Crippen molar-refractivity contribution in [3.63, 3.8) is 0 Å². The normalized spacial score (nSPS) is 11.3. The van der Waals surface area contributed by atoms with Gasteiger partial charge in [-0.15, -0.1) is 21.5 Å². The summed E-state index contributed by atoms with van der Waals surface area (Å²) < 4.78 is 32.2. The maximum Gasteiger partial charge on any atom is 0.341 e. The molecular weight excluding hydrogens is 568 g/mol. The van der Waals surface area contributed by atoms with Gasteiger partial charge in [0, 0.05) is 23.0 Å². The molecule has 0 bridgehead atoms. The molecule has 2 aromatic heterocycles. The van der Waals surface area contributed by atoms with Gasteiger partial charge in [-0.3, -0.25) is 4.79 Å². The molecule has 198 valence electrons. The number of nitrogens with one attached hydrogen (secondary N) is 1. The summed E-state index contributed by atoms with van der Waals surface area (Å²) >= 11 is 8.31. The minimum atomic E-state index is -3.60. The average molecular weight is 591 g/mol. The van der Waals surface area contributed by atoms with Crippen molar-refractivity contribution >= 4 is 61.4 Å². The van der Waals surface area contributed by atoms with Gasteiger partial charge in [0.25, 0.3) is 0 Å². The van der Waals surface area contributed by atoms with Crippen molar-refractivity contribution in [3.05, 3.63) is 76.4 Å². The number of benzene rings is 2. The smallest absolute Gasteiger partial charge is 0.341 e. The molecular formula is C25H23ClN4O5S3. The van der Waals surface area contributed by atoms with Crippen LogP contribution in [0.1, 0.15) is 23.1 Å². The number of amides is 1. The zero-order chi connectivity index (χ0) is 27.3. The lowest BCUT2D eigenvalue weighted by Gasteiger charge is -2.09. The van der Waals surface area contributed by atoms with E-state index in [9.17, 15) is 18.0 Å². The molecule has 1 amide bonds. The Morgan fingerprint density at radius 3 is 2.50 bits per heavy atom. The van der Waals surface area contributed by atoms with Crippen molar-refractivity contribution in [1.82, 2.24) is 14.8 Å². The summed E-state index contributed by atoms with van der Waals surface area (Å²) in [5.74, 6) is -1.01. The van der Waals surface area contributed by atoms with Gasteiger partial charge in [0.2, 0.25) is 5.91 Å². The maximum atomic E-state index is 12.8. The number of esters is 1. The maximum absolute atomic E-state index is 12.8. The monoisotopic (exact) mass is 590 g/mol. The molecule has 0 atom stereocenters. The summed E-state index contributed by atoms with van der Waals surface area (Å²) in [5.41, 5.74) is 1.66. The van der Waals surface area contributed by atoms with Crippen molar-refractivity contribution in [2.24, 2.45) is 7.05 Å². The molecule has 0 unspecified atom stereocenters. The van der Waals surface area contributed by atoms with Gasteiger partial charge in [0.05, 0.1) is 17.3 Å². The van der Waals surface area contributed by atoms with Crippen LogP contribution in [0.5, 0.6) is 0 Å². The van der Waals surface area contributed by atoms with E-state index in [4.69, 9.17) is 16.3 Å². The Morgan fingerprint density at radius 2 is 1.82 bits per heavy atom. The number of ether oxygens (including phenoxy) is 1. The number of hydrogen-bond donors (Lipinski definition) is 1. The van der Waals surface area contributed by atoms with Crippen LogP contribution in [0.25, 0.3) is 11.1 Å². The Balaban J connectivity index is 1.46. The third kappa shape index (κ3) is 6.44. The van der Waals surface area contributed by atoms with Crippen LogP contribution in [0.15, 0.2) is 70.0 Å². The highest BCUT2D eigenvalue weighted by Gasteiger charge is 2.24. The van der Waals surface area contributed by atoms with Crippen molar-refractivity contribution < 1.29 is 22.7 Å². The third-order valence-corrected chi connectivity index (χ3v) is 9.15. The fourth-order valence-corrected chi connectivity index (χ4v) is 6.63. The molecule has 0 saturated heterocycles. The Kier molecular flexibility index (Phi) is 8.87. The highest BCUT2D eigenvalue weighted by atomic mass is 35.5. The van der Waals surface area contributed by atoms with E-state index in [0.717, 1.165) is 17.3 Å². The number of anilines is 1. The number of carbonyl (C=O) groups is 2. The summed E-state index contributed by atoms with van der Waals surface area (Å²) in [5, 5.41) is 13.9. The van der Waals surface area contributed by atoms with Gasteiger partial charge in [0.15, 0.2) is 15.0 Å². The van der Waals surface area contributed by atoms with Crippen LogP contribution in [0, 0.1) is 0 Å². The van der Waals surface area contributed by atoms with Crippen LogP contribution in [0.2, 0.25) is 5.02 Å².